The van der Waals surface area contributed by atoms with Crippen LogP contribution in [-0.2, 0) is 0 Å². The summed E-state index contributed by atoms with van der Waals surface area (Å²) in [6, 6.07) is 14.5. The van der Waals surface area contributed by atoms with Gasteiger partial charge in [0.2, 0.25) is 0 Å². The molecule has 1 amide bonds. The first-order valence-corrected chi connectivity index (χ1v) is 7.87. The largest absolute Gasteiger partial charge is 0.367 e. The Morgan fingerprint density at radius 3 is 2.59 bits per heavy atom. The van der Waals surface area contributed by atoms with Gasteiger partial charge in [-0.15, -0.1) is 0 Å². The zero-order valence-corrected chi connectivity index (χ0v) is 12.4. The minimum absolute atomic E-state index is 0.0276. The number of anilines is 1. The predicted octanol–water partition coefficient (Wildman–Crippen LogP) is 2.58. The van der Waals surface area contributed by atoms with Gasteiger partial charge in [0.1, 0.15) is 5.69 Å². The monoisotopic (exact) mass is 293 g/mol. The molecule has 0 unspecified atom stereocenters. The molecule has 4 rings (SSSR count). The molecule has 4 nitrogen and oxygen atoms in total. The van der Waals surface area contributed by atoms with Crippen molar-refractivity contribution < 1.29 is 4.79 Å². The molecule has 0 radical (unpaired) electrons. The molecule has 1 aromatic heterocycles. The highest BCUT2D eigenvalue weighted by Gasteiger charge is 2.32. The number of rotatable bonds is 4. The molecule has 2 aromatic rings. The van der Waals surface area contributed by atoms with Crippen molar-refractivity contribution in [1.29, 1.82) is 0 Å². The van der Waals surface area contributed by atoms with Gasteiger partial charge in [-0.05, 0) is 42.5 Å². The molecule has 2 heterocycles. The van der Waals surface area contributed by atoms with E-state index >= 15 is 0 Å². The van der Waals surface area contributed by atoms with Crippen LogP contribution < -0.4 is 10.2 Å². The zero-order chi connectivity index (χ0) is 14.9. The third-order valence-electron chi connectivity index (χ3n) is 4.41. The van der Waals surface area contributed by atoms with Crippen LogP contribution in [0.4, 0.5) is 5.69 Å². The lowest BCUT2D eigenvalue weighted by Gasteiger charge is -2.41. The van der Waals surface area contributed by atoms with E-state index in [0.717, 1.165) is 18.7 Å². The van der Waals surface area contributed by atoms with Crippen molar-refractivity contribution in [2.24, 2.45) is 0 Å². The fourth-order valence-corrected chi connectivity index (χ4v) is 3.00. The van der Waals surface area contributed by atoms with Gasteiger partial charge in [0.15, 0.2) is 0 Å². The van der Waals surface area contributed by atoms with Crippen LogP contribution in [0, 0.1) is 0 Å². The molecular formula is C18H19N3O. The van der Waals surface area contributed by atoms with Gasteiger partial charge in [-0.1, -0.05) is 24.3 Å². The van der Waals surface area contributed by atoms with E-state index in [0.29, 0.717) is 11.6 Å². The highest BCUT2D eigenvalue weighted by molar-refractivity contribution is 5.94. The van der Waals surface area contributed by atoms with Crippen LogP contribution in [-0.4, -0.2) is 30.0 Å². The first-order chi connectivity index (χ1) is 10.8. The number of carbonyl (C=O) groups is 1. The molecule has 0 bridgehead atoms. The zero-order valence-electron chi connectivity index (χ0n) is 12.4. The highest BCUT2D eigenvalue weighted by Crippen LogP contribution is 2.41. The first-order valence-electron chi connectivity index (χ1n) is 7.87. The number of aromatic nitrogens is 1. The molecular weight excluding hydrogens is 274 g/mol. The maximum atomic E-state index is 12.5. The normalized spacial score (nSPS) is 17.9. The number of nitrogens with one attached hydrogen (secondary N) is 1. The van der Waals surface area contributed by atoms with Gasteiger partial charge < -0.3 is 10.2 Å². The Morgan fingerprint density at radius 1 is 1.09 bits per heavy atom. The van der Waals surface area contributed by atoms with E-state index in [1.54, 1.807) is 6.20 Å². The number of benzene rings is 1. The topological polar surface area (TPSA) is 45.2 Å². The average Bonchev–Trinajstić information content (AvgIpc) is 3.36. The molecule has 22 heavy (non-hydrogen) atoms. The van der Waals surface area contributed by atoms with Crippen molar-refractivity contribution in [1.82, 2.24) is 10.3 Å². The van der Waals surface area contributed by atoms with E-state index < -0.39 is 0 Å². The minimum atomic E-state index is -0.0276. The van der Waals surface area contributed by atoms with E-state index in [4.69, 9.17) is 0 Å². The van der Waals surface area contributed by atoms with Gasteiger partial charge in [0, 0.05) is 25.0 Å². The molecule has 2 aliphatic rings. The Morgan fingerprint density at radius 2 is 1.86 bits per heavy atom. The van der Waals surface area contributed by atoms with Gasteiger partial charge in [-0.2, -0.15) is 0 Å². The summed E-state index contributed by atoms with van der Waals surface area (Å²) in [5, 5.41) is 3.11. The standard InChI is InChI=1S/C18H19N3O/c22-18(17-16(13-8-9-13)7-4-10-19-17)20-14-11-21(12-14)15-5-2-1-3-6-15/h1-7,10,13-14H,8-9,11-12H2,(H,20,22). The van der Waals surface area contributed by atoms with E-state index in [9.17, 15) is 4.79 Å². The van der Waals surface area contributed by atoms with E-state index in [-0.39, 0.29) is 11.9 Å². The molecule has 1 saturated carbocycles. The van der Waals surface area contributed by atoms with E-state index in [2.05, 4.69) is 27.3 Å². The SMILES string of the molecule is O=C(NC1CN(c2ccccc2)C1)c1ncccc1C1CC1. The molecule has 2 fully saturated rings. The average molecular weight is 293 g/mol. The summed E-state index contributed by atoms with van der Waals surface area (Å²) in [5.74, 6) is 0.511. The number of hydrogen-bond acceptors (Lipinski definition) is 3. The number of nitrogens with zero attached hydrogens (tertiary/aromatic N) is 2. The van der Waals surface area contributed by atoms with Crippen LogP contribution in [0.15, 0.2) is 48.7 Å². The van der Waals surface area contributed by atoms with Gasteiger partial charge in [-0.3, -0.25) is 9.78 Å². The van der Waals surface area contributed by atoms with Gasteiger partial charge in [0.05, 0.1) is 6.04 Å². The van der Waals surface area contributed by atoms with Crippen LogP contribution in [0.5, 0.6) is 0 Å². The summed E-state index contributed by atoms with van der Waals surface area (Å²) < 4.78 is 0. The fraction of sp³-hybridized carbons (Fsp3) is 0.333. The van der Waals surface area contributed by atoms with E-state index in [1.165, 1.54) is 18.5 Å². The second-order valence-electron chi connectivity index (χ2n) is 6.13. The lowest BCUT2D eigenvalue weighted by Crippen LogP contribution is -2.59. The smallest absolute Gasteiger partial charge is 0.270 e. The number of amides is 1. The third kappa shape index (κ3) is 2.56. The molecule has 4 heteroatoms. The second kappa shape index (κ2) is 5.44. The van der Waals surface area contributed by atoms with Gasteiger partial charge >= 0.3 is 0 Å². The summed E-state index contributed by atoms with van der Waals surface area (Å²) in [6.45, 7) is 1.72. The minimum Gasteiger partial charge on any atom is -0.367 e. The molecule has 1 aliphatic carbocycles. The summed E-state index contributed by atoms with van der Waals surface area (Å²) in [7, 11) is 0. The first kappa shape index (κ1) is 13.3. The van der Waals surface area contributed by atoms with E-state index in [1.807, 2.05) is 30.3 Å². The Bertz CT molecular complexity index is 676. The Hall–Kier alpha value is -2.36. The third-order valence-corrected chi connectivity index (χ3v) is 4.41. The highest BCUT2D eigenvalue weighted by atomic mass is 16.2. The maximum Gasteiger partial charge on any atom is 0.270 e. The van der Waals surface area contributed by atoms with Gasteiger partial charge in [-0.25, -0.2) is 0 Å². The van der Waals surface area contributed by atoms with Crippen LogP contribution in [0.3, 0.4) is 0 Å². The Kier molecular flexibility index (Phi) is 3.29. The van der Waals surface area contributed by atoms with Crippen LogP contribution >= 0.6 is 0 Å². The van der Waals surface area contributed by atoms with Crippen molar-refractivity contribution >= 4 is 11.6 Å². The number of carbonyl (C=O) groups excluding carboxylic acids is 1. The van der Waals surface area contributed by atoms with Gasteiger partial charge in [0.25, 0.3) is 5.91 Å². The second-order valence-corrected chi connectivity index (χ2v) is 6.13. The number of hydrogen-bond donors (Lipinski definition) is 1. The lowest BCUT2D eigenvalue weighted by molar-refractivity contribution is 0.0924. The van der Waals surface area contributed by atoms with Crippen molar-refractivity contribution in [2.75, 3.05) is 18.0 Å². The molecule has 1 aliphatic heterocycles. The van der Waals surface area contributed by atoms with Crippen molar-refractivity contribution in [3.05, 3.63) is 59.9 Å². The molecule has 1 aromatic carbocycles. The van der Waals surface area contributed by atoms with Crippen LogP contribution in [0.1, 0.15) is 34.8 Å². The predicted molar refractivity (Wildman–Crippen MR) is 86.1 cm³/mol. The molecule has 0 atom stereocenters. The molecule has 0 spiro atoms. The number of pyridine rings is 1. The summed E-state index contributed by atoms with van der Waals surface area (Å²) in [6.07, 6.45) is 4.06. The maximum absolute atomic E-state index is 12.5. The summed E-state index contributed by atoms with van der Waals surface area (Å²) in [4.78, 5) is 19.0. The Balaban J connectivity index is 1.38. The van der Waals surface area contributed by atoms with Crippen LogP contribution in [0.2, 0.25) is 0 Å². The summed E-state index contributed by atoms with van der Waals surface area (Å²) >= 11 is 0. The van der Waals surface area contributed by atoms with Crippen molar-refractivity contribution in [2.45, 2.75) is 24.8 Å². The number of para-hydroxylation sites is 1. The summed E-state index contributed by atoms with van der Waals surface area (Å²) in [5.41, 5.74) is 2.94. The Labute approximate surface area is 130 Å². The van der Waals surface area contributed by atoms with Crippen molar-refractivity contribution in [3.8, 4) is 0 Å². The van der Waals surface area contributed by atoms with Crippen LogP contribution in [0.25, 0.3) is 0 Å². The quantitative estimate of drug-likeness (QED) is 0.942. The molecule has 112 valence electrons. The van der Waals surface area contributed by atoms with Crippen molar-refractivity contribution in [3.63, 3.8) is 0 Å². The lowest BCUT2D eigenvalue weighted by atomic mass is 10.1. The molecule has 1 N–H and O–H groups in total. The fourth-order valence-electron chi connectivity index (χ4n) is 3.00. The molecule has 1 saturated heterocycles.